The lowest BCUT2D eigenvalue weighted by Gasteiger charge is -2.33. The molecule has 24 heteroatoms. The van der Waals surface area contributed by atoms with Crippen molar-refractivity contribution in [1.29, 1.82) is 0 Å². The number of unbranched alkanes of at least 4 members (excludes halogenated alkanes) is 5. The molecule has 0 atom stereocenters. The van der Waals surface area contributed by atoms with E-state index in [4.69, 9.17) is 9.47 Å². The van der Waals surface area contributed by atoms with Crippen LogP contribution in [0.15, 0.2) is 58.3 Å². The van der Waals surface area contributed by atoms with E-state index >= 15 is 0 Å². The van der Waals surface area contributed by atoms with Crippen LogP contribution in [0.4, 0.5) is 79.0 Å². The van der Waals surface area contributed by atoms with Crippen molar-refractivity contribution >= 4 is 35.5 Å². The first-order valence-corrected chi connectivity index (χ1v) is 18.6. The summed E-state index contributed by atoms with van der Waals surface area (Å²) in [6.07, 6.45) is -14.5. The molecule has 2 aromatic rings. The molecule has 330 valence electrons. The molecule has 0 bridgehead atoms. The van der Waals surface area contributed by atoms with Gasteiger partial charge in [-0.05, 0) is 61.4 Å². The predicted molar refractivity (Wildman–Crippen MR) is 174 cm³/mol. The molecular formula is C34H32F18O4S2. The van der Waals surface area contributed by atoms with Gasteiger partial charge in [-0.3, -0.25) is 9.59 Å². The van der Waals surface area contributed by atoms with Gasteiger partial charge < -0.3 is 9.47 Å². The second-order valence-corrected chi connectivity index (χ2v) is 14.7. The molecule has 4 nitrogen and oxygen atoms in total. The first-order chi connectivity index (χ1) is 26.4. The van der Waals surface area contributed by atoms with E-state index in [0.29, 0.717) is 62.0 Å². The fraction of sp³-hybridized carbons (Fsp3) is 0.588. The lowest BCUT2D eigenvalue weighted by Crippen LogP contribution is -2.60. The summed E-state index contributed by atoms with van der Waals surface area (Å²) in [6.45, 7) is 0. The van der Waals surface area contributed by atoms with Gasteiger partial charge in [-0.15, -0.1) is 23.5 Å². The maximum atomic E-state index is 13.7. The maximum Gasteiger partial charge on any atom is 0.460 e. The van der Waals surface area contributed by atoms with Crippen molar-refractivity contribution in [3.8, 4) is 11.5 Å². The van der Waals surface area contributed by atoms with E-state index in [2.05, 4.69) is 0 Å². The zero-order valence-electron chi connectivity index (χ0n) is 29.4. The second kappa shape index (κ2) is 19.9. The number of carbonyl (C=O) groups excluding carboxylic acids is 2. The van der Waals surface area contributed by atoms with Crippen LogP contribution in [0.1, 0.15) is 64.2 Å². The Morgan fingerprint density at radius 2 is 0.690 bits per heavy atom. The summed E-state index contributed by atoms with van der Waals surface area (Å²) in [7, 11) is 0. The van der Waals surface area contributed by atoms with Gasteiger partial charge in [0.05, 0.1) is 0 Å². The highest BCUT2D eigenvalue weighted by atomic mass is 32.2. The molecule has 0 saturated carbocycles. The highest BCUT2D eigenvalue weighted by Gasteiger charge is 2.82. The molecule has 0 fully saturated rings. The first kappa shape index (κ1) is 51.0. The third-order valence-corrected chi connectivity index (χ3v) is 9.94. The maximum absolute atomic E-state index is 13.7. The molecule has 0 aliphatic heterocycles. The molecule has 0 amide bonds. The molecule has 0 heterocycles. The average molecular weight is 911 g/mol. The van der Waals surface area contributed by atoms with Gasteiger partial charge >= 0.3 is 59.8 Å². The van der Waals surface area contributed by atoms with Crippen LogP contribution in [0.2, 0.25) is 0 Å². The summed E-state index contributed by atoms with van der Waals surface area (Å²) in [4.78, 5) is 24.5. The van der Waals surface area contributed by atoms with Crippen LogP contribution in [0.3, 0.4) is 0 Å². The first-order valence-electron chi connectivity index (χ1n) is 16.7. The smallest absolute Gasteiger partial charge is 0.427 e. The van der Waals surface area contributed by atoms with Crippen LogP contribution < -0.4 is 9.47 Å². The van der Waals surface area contributed by atoms with Crippen LogP contribution in [0, 0.1) is 0 Å². The fourth-order valence-corrected chi connectivity index (χ4v) is 6.39. The predicted octanol–water partition coefficient (Wildman–Crippen LogP) is 13.2. The highest BCUT2D eigenvalue weighted by molar-refractivity contribution is 7.99. The van der Waals surface area contributed by atoms with Gasteiger partial charge in [0.2, 0.25) is 0 Å². The Bertz CT molecular complexity index is 1490. The van der Waals surface area contributed by atoms with E-state index in [0.717, 1.165) is 0 Å². The minimum Gasteiger partial charge on any atom is -0.427 e. The van der Waals surface area contributed by atoms with Gasteiger partial charge in [0.25, 0.3) is 0 Å². The lowest BCUT2D eigenvalue weighted by molar-refractivity contribution is -0.396. The van der Waals surface area contributed by atoms with Crippen molar-refractivity contribution in [2.75, 3.05) is 11.5 Å². The Balaban J connectivity index is 1.61. The Morgan fingerprint density at radius 3 is 0.966 bits per heavy atom. The van der Waals surface area contributed by atoms with Crippen molar-refractivity contribution in [2.45, 2.75) is 122 Å². The van der Waals surface area contributed by atoms with Crippen molar-refractivity contribution in [3.63, 3.8) is 0 Å². The van der Waals surface area contributed by atoms with Crippen LogP contribution in [0.5, 0.6) is 11.5 Å². The molecule has 0 N–H and O–H groups in total. The van der Waals surface area contributed by atoms with Crippen LogP contribution in [-0.2, 0) is 9.59 Å². The van der Waals surface area contributed by atoms with E-state index in [1.165, 1.54) is 48.5 Å². The minimum absolute atomic E-state index is 0.00469. The standard InChI is InChI=1S/C34H32F18O4S2/c35-27(36,29(39,40)31(43,44)33(47,48)49)17-19-57-23-13-9-21(10-14-23)55-25(53)7-5-3-1-2-4-6-8-26(54)56-22-11-15-24(16-12-22)58-20-18-28(37,38)30(41,42)32(45,46)34(50,51)52/h9-16H,1-8,17-20H2. The number of esters is 2. The third-order valence-electron chi connectivity index (χ3n) is 7.91. The summed E-state index contributed by atoms with van der Waals surface area (Å²) < 4.78 is 244. The van der Waals surface area contributed by atoms with Crippen LogP contribution >= 0.6 is 23.5 Å². The number of ether oxygens (including phenoxy) is 2. The molecule has 0 aliphatic rings. The van der Waals surface area contributed by atoms with E-state index < -0.39 is 84.2 Å². The van der Waals surface area contributed by atoms with Crippen molar-refractivity contribution in [3.05, 3.63) is 48.5 Å². The zero-order chi connectivity index (χ0) is 44.4. The molecule has 0 aliphatic carbocycles. The Morgan fingerprint density at radius 1 is 0.414 bits per heavy atom. The molecular weight excluding hydrogens is 878 g/mol. The Labute approximate surface area is 326 Å². The number of hydrogen-bond donors (Lipinski definition) is 0. The van der Waals surface area contributed by atoms with Crippen molar-refractivity contribution in [2.24, 2.45) is 0 Å². The van der Waals surface area contributed by atoms with Gasteiger partial charge in [-0.2, -0.15) is 79.0 Å². The summed E-state index contributed by atoms with van der Waals surface area (Å²) in [6, 6.07) is 9.76. The normalized spacial score (nSPS) is 13.8. The molecule has 2 aromatic carbocycles. The third kappa shape index (κ3) is 13.2. The number of halogens is 18. The second-order valence-electron chi connectivity index (χ2n) is 12.4. The van der Waals surface area contributed by atoms with E-state index in [1.54, 1.807) is 0 Å². The lowest BCUT2D eigenvalue weighted by atomic mass is 10.0. The number of alkyl halides is 18. The number of carbonyl (C=O) groups is 2. The number of rotatable bonds is 23. The van der Waals surface area contributed by atoms with Crippen LogP contribution in [-0.4, -0.2) is 71.3 Å². The number of thioether (sulfide) groups is 2. The summed E-state index contributed by atoms with van der Waals surface area (Å²) in [5.41, 5.74) is 0. The largest absolute Gasteiger partial charge is 0.460 e. The quantitative estimate of drug-likeness (QED) is 0.0364. The molecule has 0 unspecified atom stereocenters. The van der Waals surface area contributed by atoms with Crippen molar-refractivity contribution in [1.82, 2.24) is 0 Å². The van der Waals surface area contributed by atoms with E-state index in [-0.39, 0.29) is 34.1 Å². The van der Waals surface area contributed by atoms with Crippen molar-refractivity contribution < 1.29 is 98.1 Å². The summed E-state index contributed by atoms with van der Waals surface area (Å²) in [5.74, 6) is -41.8. The van der Waals surface area contributed by atoms with Gasteiger partial charge in [0.15, 0.2) is 0 Å². The average Bonchev–Trinajstić information content (AvgIpc) is 3.09. The van der Waals surface area contributed by atoms with Gasteiger partial charge in [-0.1, -0.05) is 25.7 Å². The summed E-state index contributed by atoms with van der Waals surface area (Å²) in [5, 5.41) is 0. The van der Waals surface area contributed by atoms with E-state index in [9.17, 15) is 88.6 Å². The fourth-order valence-electron chi connectivity index (χ4n) is 4.54. The van der Waals surface area contributed by atoms with Gasteiger partial charge in [-0.25, -0.2) is 0 Å². The Hall–Kier alpha value is -3.18. The monoisotopic (exact) mass is 910 g/mol. The number of hydrogen-bond acceptors (Lipinski definition) is 6. The Kier molecular flexibility index (Phi) is 17.5. The number of benzene rings is 2. The highest BCUT2D eigenvalue weighted by Crippen LogP contribution is 2.55. The summed E-state index contributed by atoms with van der Waals surface area (Å²) >= 11 is 0.925. The molecule has 0 saturated heterocycles. The molecule has 0 radical (unpaired) electrons. The SMILES string of the molecule is O=C(CCCCCCCCC(=O)Oc1ccc(SCCC(F)(F)C(F)(F)C(F)(F)C(F)(F)F)cc1)Oc1ccc(SCCC(F)(F)C(F)(F)C(F)(F)C(F)(F)F)cc1. The molecule has 58 heavy (non-hydrogen) atoms. The van der Waals surface area contributed by atoms with E-state index in [1.807, 2.05) is 0 Å². The molecule has 0 aromatic heterocycles. The van der Waals surface area contributed by atoms with Gasteiger partial charge in [0.1, 0.15) is 11.5 Å². The zero-order valence-corrected chi connectivity index (χ0v) is 31.0. The molecule has 2 rings (SSSR count). The van der Waals surface area contributed by atoms with Gasteiger partial charge in [0, 0.05) is 47.0 Å². The van der Waals surface area contributed by atoms with Crippen LogP contribution in [0.25, 0.3) is 0 Å². The molecule has 0 spiro atoms. The minimum atomic E-state index is -6.96. The topological polar surface area (TPSA) is 52.6 Å².